The van der Waals surface area contributed by atoms with E-state index in [1.54, 1.807) is 0 Å². The predicted molar refractivity (Wildman–Crippen MR) is 64.0 cm³/mol. The van der Waals surface area contributed by atoms with Crippen molar-refractivity contribution in [2.75, 3.05) is 32.1 Å². The van der Waals surface area contributed by atoms with Crippen LogP contribution >= 0.6 is 0 Å². The third-order valence-corrected chi connectivity index (χ3v) is 2.64. The second kappa shape index (κ2) is 4.45. The molecule has 1 aliphatic heterocycles. The first-order valence-electron chi connectivity index (χ1n) is 5.31. The molecule has 0 radical (unpaired) electrons. The van der Waals surface area contributed by atoms with Crippen LogP contribution in [0.15, 0.2) is 24.4 Å². The Kier molecular flexibility index (Phi) is 3.02. The summed E-state index contributed by atoms with van der Waals surface area (Å²) >= 11 is 0. The van der Waals surface area contributed by atoms with E-state index in [0.29, 0.717) is 0 Å². The van der Waals surface area contributed by atoms with E-state index < -0.39 is 0 Å². The Balaban J connectivity index is 2.19. The van der Waals surface area contributed by atoms with E-state index in [9.17, 15) is 0 Å². The van der Waals surface area contributed by atoms with E-state index in [-0.39, 0.29) is 0 Å². The summed E-state index contributed by atoms with van der Waals surface area (Å²) in [5.41, 5.74) is 2.66. The van der Waals surface area contributed by atoms with Gasteiger partial charge in [0.15, 0.2) is 0 Å². The largest absolute Gasteiger partial charge is 0.363 e. The van der Waals surface area contributed by atoms with Crippen molar-refractivity contribution in [3.63, 3.8) is 0 Å². The maximum Gasteiger partial charge on any atom is 0.127 e. The molecule has 1 N–H and O–H groups in total. The highest BCUT2D eigenvalue weighted by molar-refractivity contribution is 5.66. The van der Waals surface area contributed by atoms with Crippen LogP contribution in [0.25, 0.3) is 5.57 Å². The second-order valence-electron chi connectivity index (χ2n) is 3.98. The van der Waals surface area contributed by atoms with Crippen LogP contribution in [0.1, 0.15) is 12.0 Å². The maximum atomic E-state index is 4.42. The summed E-state index contributed by atoms with van der Waals surface area (Å²) in [5.74, 6) is 1.01. The van der Waals surface area contributed by atoms with E-state index in [4.69, 9.17) is 0 Å². The first kappa shape index (κ1) is 10.2. The van der Waals surface area contributed by atoms with Crippen molar-refractivity contribution in [1.82, 2.24) is 10.3 Å². The fourth-order valence-electron chi connectivity index (χ4n) is 1.73. The molecular formula is C12H17N3. The number of nitrogens with zero attached hydrogens (tertiary/aromatic N) is 2. The maximum absolute atomic E-state index is 4.42. The molecule has 0 unspecified atom stereocenters. The number of hydrogen-bond acceptors (Lipinski definition) is 3. The van der Waals surface area contributed by atoms with E-state index >= 15 is 0 Å². The van der Waals surface area contributed by atoms with Gasteiger partial charge in [0.05, 0.1) is 0 Å². The van der Waals surface area contributed by atoms with Gasteiger partial charge in [0.25, 0.3) is 0 Å². The van der Waals surface area contributed by atoms with Crippen LogP contribution in [0.3, 0.4) is 0 Å². The topological polar surface area (TPSA) is 28.2 Å². The van der Waals surface area contributed by atoms with E-state index in [1.165, 1.54) is 11.1 Å². The van der Waals surface area contributed by atoms with Gasteiger partial charge in [0, 0.05) is 26.8 Å². The Hall–Kier alpha value is -1.35. The quantitative estimate of drug-likeness (QED) is 0.790. The number of hydrogen-bond donors (Lipinski definition) is 1. The van der Waals surface area contributed by atoms with Gasteiger partial charge in [-0.2, -0.15) is 0 Å². The van der Waals surface area contributed by atoms with Crippen LogP contribution in [0, 0.1) is 0 Å². The molecule has 0 fully saturated rings. The monoisotopic (exact) mass is 203 g/mol. The van der Waals surface area contributed by atoms with Gasteiger partial charge in [-0.25, -0.2) is 4.98 Å². The molecule has 80 valence electrons. The van der Waals surface area contributed by atoms with Crippen LogP contribution in [0.5, 0.6) is 0 Å². The molecular weight excluding hydrogens is 186 g/mol. The molecule has 0 aliphatic carbocycles. The molecule has 3 heteroatoms. The lowest BCUT2D eigenvalue weighted by Crippen LogP contribution is -2.20. The summed E-state index contributed by atoms with van der Waals surface area (Å²) in [6.45, 7) is 2.05. The molecule has 2 heterocycles. The molecule has 3 nitrogen and oxygen atoms in total. The van der Waals surface area contributed by atoms with Crippen molar-refractivity contribution < 1.29 is 0 Å². The average molecular weight is 203 g/mol. The Morgan fingerprint density at radius 3 is 2.73 bits per heavy atom. The van der Waals surface area contributed by atoms with Crippen molar-refractivity contribution in [3.05, 3.63) is 30.0 Å². The van der Waals surface area contributed by atoms with E-state index in [1.807, 2.05) is 25.2 Å². The van der Waals surface area contributed by atoms with Gasteiger partial charge < -0.3 is 10.2 Å². The van der Waals surface area contributed by atoms with Crippen LogP contribution in [-0.2, 0) is 0 Å². The standard InChI is InChI=1S/C12H17N3/c1-15(2)12-4-3-11(9-14-12)10-5-7-13-8-6-10/h3-5,9,13H,6-8H2,1-2H3. The predicted octanol–water partition coefficient (Wildman–Crippen LogP) is 1.52. The molecule has 0 aromatic carbocycles. The van der Waals surface area contributed by atoms with Gasteiger partial charge in [-0.1, -0.05) is 6.08 Å². The first-order chi connectivity index (χ1) is 7.27. The van der Waals surface area contributed by atoms with Crippen molar-refractivity contribution in [2.24, 2.45) is 0 Å². The number of nitrogens with one attached hydrogen (secondary N) is 1. The minimum Gasteiger partial charge on any atom is -0.363 e. The van der Waals surface area contributed by atoms with Crippen molar-refractivity contribution in [3.8, 4) is 0 Å². The van der Waals surface area contributed by atoms with Gasteiger partial charge in [0.2, 0.25) is 0 Å². The van der Waals surface area contributed by atoms with Crippen LogP contribution < -0.4 is 10.2 Å². The molecule has 0 saturated carbocycles. The van der Waals surface area contributed by atoms with E-state index in [0.717, 1.165) is 25.3 Å². The highest BCUT2D eigenvalue weighted by atomic mass is 15.1. The highest BCUT2D eigenvalue weighted by Gasteiger charge is 2.06. The summed E-state index contributed by atoms with van der Waals surface area (Å²) in [6.07, 6.45) is 5.31. The zero-order chi connectivity index (χ0) is 10.7. The summed E-state index contributed by atoms with van der Waals surface area (Å²) in [6, 6.07) is 4.22. The normalized spacial score (nSPS) is 16.0. The zero-order valence-corrected chi connectivity index (χ0v) is 9.33. The van der Waals surface area contributed by atoms with E-state index in [2.05, 4.69) is 28.5 Å². The first-order valence-corrected chi connectivity index (χ1v) is 5.31. The number of aromatic nitrogens is 1. The third kappa shape index (κ3) is 2.36. The Morgan fingerprint density at radius 2 is 2.20 bits per heavy atom. The molecule has 1 aromatic rings. The van der Waals surface area contributed by atoms with Crippen molar-refractivity contribution in [1.29, 1.82) is 0 Å². The smallest absolute Gasteiger partial charge is 0.127 e. The summed E-state index contributed by atoms with van der Waals surface area (Å²) in [7, 11) is 4.01. The fourth-order valence-corrected chi connectivity index (χ4v) is 1.73. The lowest BCUT2D eigenvalue weighted by molar-refractivity contribution is 0.738. The number of anilines is 1. The summed E-state index contributed by atoms with van der Waals surface area (Å²) < 4.78 is 0. The number of pyridine rings is 1. The second-order valence-corrected chi connectivity index (χ2v) is 3.98. The number of rotatable bonds is 2. The SMILES string of the molecule is CN(C)c1ccc(C2=CCNCC2)cn1. The van der Waals surface area contributed by atoms with Crippen LogP contribution in [0.2, 0.25) is 0 Å². The zero-order valence-electron chi connectivity index (χ0n) is 9.33. The average Bonchev–Trinajstić information content (AvgIpc) is 2.30. The molecule has 0 spiro atoms. The van der Waals surface area contributed by atoms with Crippen molar-refractivity contribution >= 4 is 11.4 Å². The van der Waals surface area contributed by atoms with Gasteiger partial charge in [-0.3, -0.25) is 0 Å². The van der Waals surface area contributed by atoms with Gasteiger partial charge in [-0.05, 0) is 36.2 Å². The molecule has 15 heavy (non-hydrogen) atoms. The highest BCUT2D eigenvalue weighted by Crippen LogP contribution is 2.20. The van der Waals surface area contributed by atoms with Crippen LogP contribution in [0.4, 0.5) is 5.82 Å². The van der Waals surface area contributed by atoms with Gasteiger partial charge in [-0.15, -0.1) is 0 Å². The summed E-state index contributed by atoms with van der Waals surface area (Å²) in [4.78, 5) is 6.43. The summed E-state index contributed by atoms with van der Waals surface area (Å²) in [5, 5.41) is 3.31. The van der Waals surface area contributed by atoms with Crippen LogP contribution in [-0.4, -0.2) is 32.2 Å². The van der Waals surface area contributed by atoms with Crippen molar-refractivity contribution in [2.45, 2.75) is 6.42 Å². The lowest BCUT2D eigenvalue weighted by atomic mass is 10.0. The Bertz CT molecular complexity index is 352. The van der Waals surface area contributed by atoms with Gasteiger partial charge in [0.1, 0.15) is 5.82 Å². The molecule has 2 rings (SSSR count). The molecule has 0 saturated heterocycles. The minimum absolute atomic E-state index is 0.977. The third-order valence-electron chi connectivity index (χ3n) is 2.64. The molecule has 0 atom stereocenters. The van der Waals surface area contributed by atoms with Gasteiger partial charge >= 0.3 is 0 Å². The minimum atomic E-state index is 0.977. The fraction of sp³-hybridized carbons (Fsp3) is 0.417. The molecule has 1 aliphatic rings. The Morgan fingerprint density at radius 1 is 1.33 bits per heavy atom. The molecule has 1 aromatic heterocycles. The molecule has 0 bridgehead atoms. The molecule has 0 amide bonds. The lowest BCUT2D eigenvalue weighted by Gasteiger charge is -2.15. The Labute approximate surface area is 90.8 Å².